The van der Waals surface area contributed by atoms with Crippen LogP contribution in [0.25, 0.3) is 93.9 Å². The van der Waals surface area contributed by atoms with Crippen molar-refractivity contribution in [3.05, 3.63) is 267 Å². The fourth-order valence-electron chi connectivity index (χ4n) is 9.77. The molecule has 0 aliphatic heterocycles. The molecule has 1 aromatic heterocycles. The second-order valence-electron chi connectivity index (χ2n) is 17.0. The smallest absolute Gasteiger partial charge is 0.0541 e. The Kier molecular flexibility index (Phi) is 9.89. The zero-order valence-corrected chi connectivity index (χ0v) is 36.3. The number of rotatable bonds is 9. The normalized spacial score (nSPS) is 11.3. The lowest BCUT2D eigenvalue weighted by molar-refractivity contribution is 1.18. The maximum atomic E-state index is 2.45. The molecule has 2 heteroatoms. The number of anilines is 3. The molecule has 2 nitrogen and oxygen atoms in total. The molecule has 0 spiro atoms. The predicted molar refractivity (Wildman–Crippen MR) is 280 cm³/mol. The van der Waals surface area contributed by atoms with E-state index in [0.29, 0.717) is 0 Å². The summed E-state index contributed by atoms with van der Waals surface area (Å²) in [5, 5.41) is 4.92. The van der Waals surface area contributed by atoms with Gasteiger partial charge in [0.05, 0.1) is 11.0 Å². The lowest BCUT2D eigenvalue weighted by atomic mass is 9.93. The minimum absolute atomic E-state index is 1.10. The number of hydrogen-bond donors (Lipinski definition) is 0. The molecule has 0 bridgehead atoms. The second-order valence-corrected chi connectivity index (χ2v) is 17.0. The SMILES string of the molecule is c1ccc(-c2cccc(N(c3ccccc3)c3cccc(-c4ccccc4-c4ccc5c(c4)c4ccccc4n5-c4cc(-c5ccccc5)cc(-c5ccc6ccccc6c5)c4)c3)c2)cc1. The summed E-state index contributed by atoms with van der Waals surface area (Å²) in [6, 6.07) is 97.0. The van der Waals surface area contributed by atoms with Crippen LogP contribution in [0.4, 0.5) is 17.1 Å². The van der Waals surface area contributed by atoms with Gasteiger partial charge in [0.2, 0.25) is 0 Å². The molecule has 0 fully saturated rings. The summed E-state index contributed by atoms with van der Waals surface area (Å²) in [5.41, 5.74) is 18.6. The quantitative estimate of drug-likeness (QED) is 0.141. The highest BCUT2D eigenvalue weighted by Crippen LogP contribution is 2.42. The first-order valence-electron chi connectivity index (χ1n) is 22.7. The van der Waals surface area contributed by atoms with Crippen molar-refractivity contribution in [3.63, 3.8) is 0 Å². The summed E-state index contributed by atoms with van der Waals surface area (Å²) in [5.74, 6) is 0. The molecule has 66 heavy (non-hydrogen) atoms. The topological polar surface area (TPSA) is 8.17 Å². The van der Waals surface area contributed by atoms with E-state index >= 15 is 0 Å². The van der Waals surface area contributed by atoms with E-state index in [1.807, 2.05) is 0 Å². The number of fused-ring (bicyclic) bond motifs is 4. The number of para-hydroxylation sites is 2. The summed E-state index contributed by atoms with van der Waals surface area (Å²) in [6.07, 6.45) is 0. The first kappa shape index (κ1) is 38.9. The van der Waals surface area contributed by atoms with Gasteiger partial charge in [-0.2, -0.15) is 0 Å². The Morgan fingerprint density at radius 2 is 0.727 bits per heavy atom. The molecular formula is C64H44N2. The third-order valence-corrected chi connectivity index (χ3v) is 12.9. The molecular weight excluding hydrogens is 797 g/mol. The van der Waals surface area contributed by atoms with Crippen molar-refractivity contribution in [2.75, 3.05) is 4.90 Å². The third kappa shape index (κ3) is 7.21. The molecule has 0 saturated carbocycles. The van der Waals surface area contributed by atoms with Crippen molar-refractivity contribution in [1.82, 2.24) is 4.57 Å². The maximum absolute atomic E-state index is 2.45. The van der Waals surface area contributed by atoms with Crippen LogP contribution in [0, 0.1) is 0 Å². The fraction of sp³-hybridized carbons (Fsp3) is 0. The van der Waals surface area contributed by atoms with Gasteiger partial charge >= 0.3 is 0 Å². The van der Waals surface area contributed by atoms with E-state index in [9.17, 15) is 0 Å². The average Bonchev–Trinajstić information content (AvgIpc) is 3.73. The summed E-state index contributed by atoms with van der Waals surface area (Å²) in [7, 11) is 0. The molecule has 0 atom stereocenters. The van der Waals surface area contributed by atoms with Crippen LogP contribution >= 0.6 is 0 Å². The van der Waals surface area contributed by atoms with Gasteiger partial charge in [0, 0.05) is 33.5 Å². The minimum Gasteiger partial charge on any atom is -0.310 e. The van der Waals surface area contributed by atoms with Crippen LogP contribution in [0.1, 0.15) is 0 Å². The number of benzene rings is 11. The van der Waals surface area contributed by atoms with Crippen LogP contribution in [0.15, 0.2) is 267 Å². The molecule has 12 rings (SSSR count). The Morgan fingerprint density at radius 3 is 1.45 bits per heavy atom. The highest BCUT2D eigenvalue weighted by Gasteiger charge is 2.19. The van der Waals surface area contributed by atoms with Crippen LogP contribution in [0.5, 0.6) is 0 Å². The van der Waals surface area contributed by atoms with Gasteiger partial charge in [0.1, 0.15) is 0 Å². The van der Waals surface area contributed by atoms with Gasteiger partial charge in [0.15, 0.2) is 0 Å². The molecule has 0 aliphatic carbocycles. The van der Waals surface area contributed by atoms with E-state index in [1.165, 1.54) is 82.6 Å². The van der Waals surface area contributed by atoms with Crippen molar-refractivity contribution in [3.8, 4) is 61.3 Å². The van der Waals surface area contributed by atoms with Gasteiger partial charge in [-0.25, -0.2) is 0 Å². The second kappa shape index (κ2) is 16.8. The molecule has 0 saturated heterocycles. The van der Waals surface area contributed by atoms with E-state index in [4.69, 9.17) is 0 Å². The molecule has 11 aromatic carbocycles. The molecule has 310 valence electrons. The Bertz CT molecular complexity index is 3700. The Morgan fingerprint density at radius 1 is 0.242 bits per heavy atom. The van der Waals surface area contributed by atoms with E-state index in [1.54, 1.807) is 0 Å². The minimum atomic E-state index is 1.10. The van der Waals surface area contributed by atoms with Gasteiger partial charge in [-0.05, 0) is 145 Å². The van der Waals surface area contributed by atoms with Crippen molar-refractivity contribution < 1.29 is 0 Å². The van der Waals surface area contributed by atoms with Crippen molar-refractivity contribution in [2.45, 2.75) is 0 Å². The number of hydrogen-bond acceptors (Lipinski definition) is 1. The van der Waals surface area contributed by atoms with Crippen molar-refractivity contribution >= 4 is 49.6 Å². The van der Waals surface area contributed by atoms with Crippen molar-refractivity contribution in [2.24, 2.45) is 0 Å². The van der Waals surface area contributed by atoms with Gasteiger partial charge in [0.25, 0.3) is 0 Å². The fourth-order valence-corrected chi connectivity index (χ4v) is 9.77. The summed E-state index contributed by atoms with van der Waals surface area (Å²) < 4.78 is 2.45. The zero-order chi connectivity index (χ0) is 43.8. The Hall–Kier alpha value is -8.72. The van der Waals surface area contributed by atoms with Crippen LogP contribution in [-0.2, 0) is 0 Å². The predicted octanol–water partition coefficient (Wildman–Crippen LogP) is 17.7. The first-order valence-corrected chi connectivity index (χ1v) is 22.7. The molecule has 1 heterocycles. The number of nitrogens with zero attached hydrogens (tertiary/aromatic N) is 2. The van der Waals surface area contributed by atoms with Crippen LogP contribution < -0.4 is 4.90 Å². The van der Waals surface area contributed by atoms with Crippen molar-refractivity contribution in [1.29, 1.82) is 0 Å². The largest absolute Gasteiger partial charge is 0.310 e. The van der Waals surface area contributed by atoms with E-state index in [-0.39, 0.29) is 0 Å². The molecule has 12 aromatic rings. The van der Waals surface area contributed by atoms with Crippen LogP contribution in [0.2, 0.25) is 0 Å². The lowest BCUT2D eigenvalue weighted by Gasteiger charge is -2.26. The Balaban J connectivity index is 0.980. The molecule has 0 unspecified atom stereocenters. The van der Waals surface area contributed by atoms with E-state index in [2.05, 4.69) is 276 Å². The highest BCUT2D eigenvalue weighted by atomic mass is 15.1. The molecule has 0 amide bonds. The Labute approximate surface area is 385 Å². The van der Waals surface area contributed by atoms with Crippen LogP contribution in [-0.4, -0.2) is 4.57 Å². The standard InChI is InChI=1S/C64H44N2/c1-4-18-45(19-5-1)49-24-16-28-56(40-49)65(55-26-8-3-9-27-55)57-29-17-25-51(41-57)59-30-12-13-31-60(59)52-36-37-64-62(44-52)61-32-14-15-33-63(61)66(64)58-42-53(46-20-6-2-7-21-46)39-54(43-58)50-35-34-47-22-10-11-23-48(47)38-50/h1-44H. The summed E-state index contributed by atoms with van der Waals surface area (Å²) in [4.78, 5) is 2.36. The van der Waals surface area contributed by atoms with Gasteiger partial charge < -0.3 is 9.47 Å². The zero-order valence-electron chi connectivity index (χ0n) is 36.3. The molecule has 0 radical (unpaired) electrons. The summed E-state index contributed by atoms with van der Waals surface area (Å²) >= 11 is 0. The molecule has 0 aliphatic rings. The van der Waals surface area contributed by atoms with Gasteiger partial charge in [-0.3, -0.25) is 0 Å². The van der Waals surface area contributed by atoms with E-state index < -0.39 is 0 Å². The molecule has 0 N–H and O–H groups in total. The average molecular weight is 841 g/mol. The highest BCUT2D eigenvalue weighted by molar-refractivity contribution is 6.11. The lowest BCUT2D eigenvalue weighted by Crippen LogP contribution is -2.10. The van der Waals surface area contributed by atoms with E-state index in [0.717, 1.165) is 28.3 Å². The summed E-state index contributed by atoms with van der Waals surface area (Å²) in [6.45, 7) is 0. The van der Waals surface area contributed by atoms with Gasteiger partial charge in [-0.1, -0.05) is 188 Å². The van der Waals surface area contributed by atoms with Gasteiger partial charge in [-0.15, -0.1) is 0 Å². The van der Waals surface area contributed by atoms with Crippen LogP contribution in [0.3, 0.4) is 0 Å². The monoisotopic (exact) mass is 840 g/mol. The number of aromatic nitrogens is 1. The maximum Gasteiger partial charge on any atom is 0.0541 e. The third-order valence-electron chi connectivity index (χ3n) is 12.9. The first-order chi connectivity index (χ1) is 32.7.